The minimum absolute atomic E-state index is 0.0390. The summed E-state index contributed by atoms with van der Waals surface area (Å²) >= 11 is 0. The fraction of sp³-hybridized carbons (Fsp3) is 0.536. The number of halogens is 3. The van der Waals surface area contributed by atoms with Gasteiger partial charge in [-0.15, -0.1) is 0 Å². The Morgan fingerprint density at radius 3 is 2.24 bits per heavy atom. The Balaban J connectivity index is 1.30. The zero-order valence-electron chi connectivity index (χ0n) is 24.4. The SMILES string of the molecule is N#Cc1ccc(CCNC(=O)C2CCN2c2cc(N3CCC(CCNC(=O)NCCS(=O)(=O)O)CC3)nc(C(F)(F)F)n2)cc1. The molecule has 244 valence electrons. The summed E-state index contributed by atoms with van der Waals surface area (Å²) < 4.78 is 71.5. The zero-order valence-corrected chi connectivity index (χ0v) is 25.2. The molecular formula is C28H35F3N8O5S. The van der Waals surface area contributed by atoms with Crippen LogP contribution >= 0.6 is 0 Å². The summed E-state index contributed by atoms with van der Waals surface area (Å²) in [5.41, 5.74) is 1.47. The molecule has 1 unspecified atom stereocenters. The number of carbonyl (C=O) groups excluding carboxylic acids is 2. The smallest absolute Gasteiger partial charge is 0.356 e. The van der Waals surface area contributed by atoms with Crippen LogP contribution in [0, 0.1) is 17.2 Å². The van der Waals surface area contributed by atoms with E-state index in [1.54, 1.807) is 34.1 Å². The molecule has 1 aromatic carbocycles. The van der Waals surface area contributed by atoms with Crippen molar-refractivity contribution in [1.29, 1.82) is 5.26 Å². The van der Waals surface area contributed by atoms with Crippen molar-refractivity contribution in [2.45, 2.75) is 44.3 Å². The summed E-state index contributed by atoms with van der Waals surface area (Å²) in [6, 6.07) is 9.32. The second-order valence-corrected chi connectivity index (χ2v) is 12.5. The number of nitriles is 1. The number of nitrogens with one attached hydrogen (secondary N) is 3. The Labute approximate surface area is 258 Å². The van der Waals surface area contributed by atoms with Gasteiger partial charge in [0.15, 0.2) is 0 Å². The van der Waals surface area contributed by atoms with E-state index in [2.05, 4.69) is 25.9 Å². The van der Waals surface area contributed by atoms with Gasteiger partial charge in [-0.3, -0.25) is 9.35 Å². The van der Waals surface area contributed by atoms with Gasteiger partial charge in [-0.05, 0) is 55.7 Å². The van der Waals surface area contributed by atoms with Gasteiger partial charge in [-0.2, -0.15) is 26.9 Å². The number of benzene rings is 1. The molecule has 1 atom stereocenters. The first-order chi connectivity index (χ1) is 21.3. The molecule has 0 spiro atoms. The molecule has 0 bridgehead atoms. The molecule has 17 heteroatoms. The molecule has 4 rings (SSSR count). The number of anilines is 2. The van der Waals surface area contributed by atoms with E-state index in [0.29, 0.717) is 70.4 Å². The first-order valence-corrected chi connectivity index (χ1v) is 16.1. The number of urea groups is 1. The molecule has 0 aliphatic carbocycles. The van der Waals surface area contributed by atoms with Crippen LogP contribution in [0.3, 0.4) is 0 Å². The van der Waals surface area contributed by atoms with Crippen LogP contribution < -0.4 is 25.8 Å². The maximum atomic E-state index is 13.8. The number of amides is 3. The van der Waals surface area contributed by atoms with Gasteiger partial charge in [0.05, 0.1) is 17.4 Å². The molecule has 2 saturated heterocycles. The molecule has 2 aliphatic rings. The number of hydrogen-bond donors (Lipinski definition) is 4. The summed E-state index contributed by atoms with van der Waals surface area (Å²) in [6.07, 6.45) is -1.84. The summed E-state index contributed by atoms with van der Waals surface area (Å²) in [5.74, 6) is -1.79. The predicted octanol–water partition coefficient (Wildman–Crippen LogP) is 2.10. The molecule has 3 amide bonds. The van der Waals surface area contributed by atoms with E-state index < -0.39 is 39.9 Å². The third-order valence-electron chi connectivity index (χ3n) is 7.79. The fourth-order valence-electron chi connectivity index (χ4n) is 5.18. The predicted molar refractivity (Wildman–Crippen MR) is 158 cm³/mol. The van der Waals surface area contributed by atoms with Crippen LogP contribution in [0.1, 0.15) is 42.6 Å². The Bertz CT molecular complexity index is 1490. The first-order valence-electron chi connectivity index (χ1n) is 14.5. The Hall–Kier alpha value is -4.17. The van der Waals surface area contributed by atoms with Gasteiger partial charge in [-0.1, -0.05) is 12.1 Å². The summed E-state index contributed by atoms with van der Waals surface area (Å²) in [6.45, 7) is 1.69. The summed E-state index contributed by atoms with van der Waals surface area (Å²) in [4.78, 5) is 35.6. The quantitative estimate of drug-likeness (QED) is 0.248. The van der Waals surface area contributed by atoms with E-state index in [1.807, 2.05) is 6.07 Å². The van der Waals surface area contributed by atoms with Gasteiger partial charge < -0.3 is 25.8 Å². The molecule has 4 N–H and O–H groups in total. The third kappa shape index (κ3) is 9.91. The minimum Gasteiger partial charge on any atom is -0.356 e. The highest BCUT2D eigenvalue weighted by molar-refractivity contribution is 7.85. The van der Waals surface area contributed by atoms with Crippen molar-refractivity contribution in [3.8, 4) is 6.07 Å². The molecule has 0 saturated carbocycles. The number of aromatic nitrogens is 2. The van der Waals surface area contributed by atoms with E-state index in [9.17, 15) is 31.2 Å². The van der Waals surface area contributed by atoms with Crippen molar-refractivity contribution >= 4 is 33.7 Å². The van der Waals surface area contributed by atoms with Crippen molar-refractivity contribution in [1.82, 2.24) is 25.9 Å². The summed E-state index contributed by atoms with van der Waals surface area (Å²) in [7, 11) is -4.17. The average Bonchev–Trinajstić information content (AvgIpc) is 2.96. The lowest BCUT2D eigenvalue weighted by molar-refractivity contribution is -0.144. The van der Waals surface area contributed by atoms with E-state index in [1.165, 1.54) is 6.07 Å². The van der Waals surface area contributed by atoms with Crippen LogP contribution in [-0.2, 0) is 27.5 Å². The van der Waals surface area contributed by atoms with Gasteiger partial charge in [0, 0.05) is 45.3 Å². The normalized spacial score (nSPS) is 17.3. The highest BCUT2D eigenvalue weighted by Gasteiger charge is 2.40. The van der Waals surface area contributed by atoms with Crippen LogP contribution in [0.15, 0.2) is 30.3 Å². The number of alkyl halides is 3. The van der Waals surface area contributed by atoms with Crippen molar-refractivity contribution < 1.29 is 35.7 Å². The molecule has 0 radical (unpaired) electrons. The van der Waals surface area contributed by atoms with Gasteiger partial charge >= 0.3 is 12.2 Å². The number of nitrogens with zero attached hydrogens (tertiary/aromatic N) is 5. The van der Waals surface area contributed by atoms with Crippen molar-refractivity contribution in [2.24, 2.45) is 5.92 Å². The monoisotopic (exact) mass is 652 g/mol. The highest BCUT2D eigenvalue weighted by Crippen LogP contribution is 2.34. The van der Waals surface area contributed by atoms with Gasteiger partial charge in [-0.25, -0.2) is 14.8 Å². The van der Waals surface area contributed by atoms with Crippen LogP contribution in [0.2, 0.25) is 0 Å². The summed E-state index contributed by atoms with van der Waals surface area (Å²) in [5, 5.41) is 16.7. The standard InChI is InChI=1S/C28H35F3N8O5S/c29-28(30,31)26-36-23(38-13-7-20(8-14-38)6-11-34-27(41)35-12-16-45(42,43)44)17-24(37-26)39-15-9-22(39)25(40)33-10-5-19-1-3-21(18-32)4-2-19/h1-4,17,20,22H,5-16H2,(H,33,40)(H2,34,35,41)(H,42,43,44). The third-order valence-corrected chi connectivity index (χ3v) is 8.51. The van der Waals surface area contributed by atoms with E-state index in [4.69, 9.17) is 9.81 Å². The van der Waals surface area contributed by atoms with E-state index >= 15 is 0 Å². The van der Waals surface area contributed by atoms with E-state index in [0.717, 1.165) is 5.56 Å². The number of rotatable bonds is 12. The molecule has 1 aromatic heterocycles. The second kappa shape index (κ2) is 14.7. The topological polar surface area (TPSA) is 181 Å². The van der Waals surface area contributed by atoms with Gasteiger partial charge in [0.25, 0.3) is 10.1 Å². The van der Waals surface area contributed by atoms with Gasteiger partial charge in [0.1, 0.15) is 17.7 Å². The molecule has 2 aromatic rings. The largest absolute Gasteiger partial charge is 0.451 e. The Morgan fingerprint density at radius 2 is 1.64 bits per heavy atom. The molecule has 3 heterocycles. The lowest BCUT2D eigenvalue weighted by Crippen LogP contribution is -2.57. The zero-order chi connectivity index (χ0) is 32.6. The van der Waals surface area contributed by atoms with Crippen molar-refractivity contribution in [3.05, 3.63) is 47.3 Å². The highest BCUT2D eigenvalue weighted by atomic mass is 32.2. The van der Waals surface area contributed by atoms with Crippen molar-refractivity contribution in [2.75, 3.05) is 54.8 Å². The number of piperidine rings is 1. The van der Waals surface area contributed by atoms with Crippen LogP contribution in [0.25, 0.3) is 0 Å². The molecule has 2 fully saturated rings. The lowest BCUT2D eigenvalue weighted by Gasteiger charge is -2.41. The van der Waals surface area contributed by atoms with Crippen LogP contribution in [-0.4, -0.2) is 85.9 Å². The number of carbonyl (C=O) groups is 2. The Kier molecular flexibility index (Phi) is 11.0. The lowest BCUT2D eigenvalue weighted by atomic mass is 9.93. The maximum Gasteiger partial charge on any atom is 0.451 e. The molecule has 45 heavy (non-hydrogen) atoms. The Morgan fingerprint density at radius 1 is 0.978 bits per heavy atom. The van der Waals surface area contributed by atoms with Crippen LogP contribution in [0.5, 0.6) is 0 Å². The van der Waals surface area contributed by atoms with Crippen molar-refractivity contribution in [3.63, 3.8) is 0 Å². The fourth-order valence-corrected chi connectivity index (χ4v) is 5.54. The minimum atomic E-state index is -4.78. The molecule has 2 aliphatic heterocycles. The van der Waals surface area contributed by atoms with E-state index in [-0.39, 0.29) is 30.0 Å². The second-order valence-electron chi connectivity index (χ2n) is 10.9. The first kappa shape index (κ1) is 33.7. The maximum absolute atomic E-state index is 13.8. The molecular weight excluding hydrogens is 617 g/mol. The van der Waals surface area contributed by atoms with Gasteiger partial charge in [0.2, 0.25) is 11.7 Å². The van der Waals surface area contributed by atoms with Crippen LogP contribution in [0.4, 0.5) is 29.6 Å². The molecule has 13 nitrogen and oxygen atoms in total. The number of hydrogen-bond acceptors (Lipinski definition) is 9. The average molecular weight is 653 g/mol.